The Morgan fingerprint density at radius 1 is 1.14 bits per heavy atom. The molecule has 1 aromatic rings. The van der Waals surface area contributed by atoms with Crippen molar-refractivity contribution in [1.29, 1.82) is 0 Å². The highest BCUT2D eigenvalue weighted by Gasteiger charge is 2.21. The zero-order chi connectivity index (χ0) is 15.1. The lowest BCUT2D eigenvalue weighted by Gasteiger charge is -2.35. The molecule has 4 heteroatoms. The third-order valence-corrected chi connectivity index (χ3v) is 3.67. The number of methoxy groups -OCH3 is 1. The number of hydrogen-bond acceptors (Lipinski definition) is 4. The molecule has 0 radical (unpaired) electrons. The molecule has 1 heterocycles. The van der Waals surface area contributed by atoms with Crippen LogP contribution in [0.15, 0.2) is 24.3 Å². The van der Waals surface area contributed by atoms with E-state index in [9.17, 15) is 0 Å². The molecule has 118 valence electrons. The number of unbranched alkanes of at least 4 members (excludes halogenated alkanes) is 1. The molecular weight excluding hydrogens is 266 g/mol. The fraction of sp³-hybridized carbons (Fsp3) is 0.647. The Hall–Kier alpha value is -1.26. The van der Waals surface area contributed by atoms with Crippen molar-refractivity contribution in [3.8, 4) is 11.5 Å². The van der Waals surface area contributed by atoms with Crippen LogP contribution >= 0.6 is 0 Å². The number of morpholine rings is 1. The zero-order valence-electron chi connectivity index (χ0n) is 13.4. The van der Waals surface area contributed by atoms with Crippen molar-refractivity contribution in [3.05, 3.63) is 24.3 Å². The van der Waals surface area contributed by atoms with Crippen LogP contribution in [-0.4, -0.2) is 50.5 Å². The van der Waals surface area contributed by atoms with E-state index in [0.717, 1.165) is 50.6 Å². The summed E-state index contributed by atoms with van der Waals surface area (Å²) in [6.45, 7) is 8.26. The third kappa shape index (κ3) is 5.56. The van der Waals surface area contributed by atoms with Gasteiger partial charge in [-0.1, -0.05) is 6.07 Å². The summed E-state index contributed by atoms with van der Waals surface area (Å²) in [5.74, 6) is 1.71. The molecule has 0 aromatic heterocycles. The molecule has 1 saturated heterocycles. The van der Waals surface area contributed by atoms with Gasteiger partial charge in [0.2, 0.25) is 0 Å². The summed E-state index contributed by atoms with van der Waals surface area (Å²) < 4.78 is 16.7. The number of nitrogens with zero attached hydrogens (tertiary/aromatic N) is 1. The van der Waals surface area contributed by atoms with E-state index >= 15 is 0 Å². The van der Waals surface area contributed by atoms with Gasteiger partial charge in [-0.15, -0.1) is 0 Å². The van der Waals surface area contributed by atoms with Gasteiger partial charge in [0.05, 0.1) is 25.9 Å². The van der Waals surface area contributed by atoms with Crippen LogP contribution in [0.1, 0.15) is 26.7 Å². The molecule has 21 heavy (non-hydrogen) atoms. The first-order valence-corrected chi connectivity index (χ1v) is 7.82. The van der Waals surface area contributed by atoms with Crippen molar-refractivity contribution in [2.75, 3.05) is 33.4 Å². The van der Waals surface area contributed by atoms with Crippen LogP contribution in [0.2, 0.25) is 0 Å². The Morgan fingerprint density at radius 2 is 1.86 bits per heavy atom. The van der Waals surface area contributed by atoms with Gasteiger partial charge in [-0.3, -0.25) is 4.90 Å². The zero-order valence-corrected chi connectivity index (χ0v) is 13.4. The lowest BCUT2D eigenvalue weighted by molar-refractivity contribution is -0.0682. The molecular formula is C17H27NO3. The van der Waals surface area contributed by atoms with Crippen LogP contribution in [0.5, 0.6) is 11.5 Å². The highest BCUT2D eigenvalue weighted by molar-refractivity contribution is 5.32. The normalized spacial score (nSPS) is 23.0. The second kappa shape index (κ2) is 8.25. The van der Waals surface area contributed by atoms with Crippen LogP contribution in [-0.2, 0) is 4.74 Å². The van der Waals surface area contributed by atoms with Gasteiger partial charge in [0.15, 0.2) is 0 Å². The molecule has 0 spiro atoms. The van der Waals surface area contributed by atoms with E-state index in [0.29, 0.717) is 12.2 Å². The Bertz CT molecular complexity index is 414. The van der Waals surface area contributed by atoms with Crippen molar-refractivity contribution in [3.63, 3.8) is 0 Å². The van der Waals surface area contributed by atoms with Crippen molar-refractivity contribution in [2.45, 2.75) is 38.9 Å². The topological polar surface area (TPSA) is 30.9 Å². The summed E-state index contributed by atoms with van der Waals surface area (Å²) in [7, 11) is 1.67. The molecule has 0 bridgehead atoms. The maximum atomic E-state index is 5.76. The van der Waals surface area contributed by atoms with Crippen LogP contribution in [0, 0.1) is 0 Å². The summed E-state index contributed by atoms with van der Waals surface area (Å²) in [5, 5.41) is 0. The molecule has 0 unspecified atom stereocenters. The predicted octanol–water partition coefficient (Wildman–Crippen LogP) is 2.96. The molecule has 1 aliphatic rings. The largest absolute Gasteiger partial charge is 0.497 e. The van der Waals surface area contributed by atoms with Gasteiger partial charge in [-0.2, -0.15) is 0 Å². The SMILES string of the molecule is COc1cccc(OCCCCN2C[C@@H](C)O[C@H](C)C2)c1. The highest BCUT2D eigenvalue weighted by atomic mass is 16.5. The Balaban J connectivity index is 1.61. The number of ether oxygens (including phenoxy) is 3. The molecule has 1 aliphatic heterocycles. The van der Waals surface area contributed by atoms with Gasteiger partial charge in [0.1, 0.15) is 11.5 Å². The molecule has 0 N–H and O–H groups in total. The second-order valence-corrected chi connectivity index (χ2v) is 5.75. The summed E-state index contributed by atoms with van der Waals surface area (Å²) in [6, 6.07) is 7.76. The number of hydrogen-bond donors (Lipinski definition) is 0. The van der Waals surface area contributed by atoms with Gasteiger partial charge in [-0.25, -0.2) is 0 Å². The van der Waals surface area contributed by atoms with Gasteiger partial charge < -0.3 is 14.2 Å². The van der Waals surface area contributed by atoms with Crippen molar-refractivity contribution < 1.29 is 14.2 Å². The fourth-order valence-corrected chi connectivity index (χ4v) is 2.79. The fourth-order valence-electron chi connectivity index (χ4n) is 2.79. The van der Waals surface area contributed by atoms with Crippen LogP contribution < -0.4 is 9.47 Å². The van der Waals surface area contributed by atoms with E-state index in [1.165, 1.54) is 0 Å². The molecule has 2 rings (SSSR count). The van der Waals surface area contributed by atoms with Crippen molar-refractivity contribution in [1.82, 2.24) is 4.90 Å². The molecule has 0 aliphatic carbocycles. The van der Waals surface area contributed by atoms with Crippen LogP contribution in [0.25, 0.3) is 0 Å². The van der Waals surface area contributed by atoms with Crippen molar-refractivity contribution >= 4 is 0 Å². The van der Waals surface area contributed by atoms with Gasteiger partial charge in [0, 0.05) is 19.2 Å². The minimum Gasteiger partial charge on any atom is -0.497 e. The Morgan fingerprint density at radius 3 is 2.57 bits per heavy atom. The molecule has 1 aromatic carbocycles. The summed E-state index contributed by atoms with van der Waals surface area (Å²) in [6.07, 6.45) is 2.92. The van der Waals surface area contributed by atoms with E-state index < -0.39 is 0 Å². The van der Waals surface area contributed by atoms with E-state index in [1.54, 1.807) is 7.11 Å². The average Bonchev–Trinajstić information content (AvgIpc) is 2.46. The predicted molar refractivity (Wildman–Crippen MR) is 84.2 cm³/mol. The quantitative estimate of drug-likeness (QED) is 0.723. The first-order valence-electron chi connectivity index (χ1n) is 7.82. The number of rotatable bonds is 7. The Labute approximate surface area is 128 Å². The maximum absolute atomic E-state index is 5.76. The van der Waals surface area contributed by atoms with E-state index in [4.69, 9.17) is 14.2 Å². The highest BCUT2D eigenvalue weighted by Crippen LogP contribution is 2.19. The summed E-state index contributed by atoms with van der Waals surface area (Å²) >= 11 is 0. The first-order chi connectivity index (χ1) is 10.2. The smallest absolute Gasteiger partial charge is 0.122 e. The third-order valence-electron chi connectivity index (χ3n) is 3.67. The molecule has 1 fully saturated rings. The second-order valence-electron chi connectivity index (χ2n) is 5.75. The van der Waals surface area contributed by atoms with Crippen LogP contribution in [0.3, 0.4) is 0 Å². The van der Waals surface area contributed by atoms with Crippen molar-refractivity contribution in [2.24, 2.45) is 0 Å². The first kappa shape index (κ1) is 16.1. The van der Waals surface area contributed by atoms with Gasteiger partial charge in [-0.05, 0) is 45.4 Å². The van der Waals surface area contributed by atoms with E-state index in [2.05, 4.69) is 18.7 Å². The molecule has 0 saturated carbocycles. The molecule has 4 nitrogen and oxygen atoms in total. The molecule has 0 amide bonds. The van der Waals surface area contributed by atoms with E-state index in [1.807, 2.05) is 24.3 Å². The lowest BCUT2D eigenvalue weighted by Crippen LogP contribution is -2.45. The maximum Gasteiger partial charge on any atom is 0.122 e. The minimum atomic E-state index is 0.349. The van der Waals surface area contributed by atoms with E-state index in [-0.39, 0.29) is 0 Å². The average molecular weight is 293 g/mol. The van der Waals surface area contributed by atoms with Gasteiger partial charge >= 0.3 is 0 Å². The monoisotopic (exact) mass is 293 g/mol. The van der Waals surface area contributed by atoms with Crippen LogP contribution in [0.4, 0.5) is 0 Å². The number of benzene rings is 1. The summed E-state index contributed by atoms with van der Waals surface area (Å²) in [5.41, 5.74) is 0. The Kier molecular flexibility index (Phi) is 6.33. The standard InChI is InChI=1S/C17H27NO3/c1-14-12-18(13-15(2)21-14)9-4-5-10-20-17-8-6-7-16(11-17)19-3/h6-8,11,14-15H,4-5,9-10,12-13H2,1-3H3/t14-,15-/m1/s1. The lowest BCUT2D eigenvalue weighted by atomic mass is 10.2. The molecule has 2 atom stereocenters. The minimum absolute atomic E-state index is 0.349. The van der Waals surface area contributed by atoms with Gasteiger partial charge in [0.25, 0.3) is 0 Å². The summed E-state index contributed by atoms with van der Waals surface area (Å²) in [4.78, 5) is 2.49.